The summed E-state index contributed by atoms with van der Waals surface area (Å²) in [5.74, 6) is 3.75. The van der Waals surface area contributed by atoms with Crippen molar-refractivity contribution < 1.29 is 14.2 Å². The van der Waals surface area contributed by atoms with Crippen molar-refractivity contribution in [3.05, 3.63) is 17.7 Å². The minimum absolute atomic E-state index is 0.661. The van der Waals surface area contributed by atoms with Crippen LogP contribution in [0.4, 0.5) is 0 Å². The molecule has 118 valence electrons. The molecule has 0 saturated heterocycles. The first kappa shape index (κ1) is 16.0. The van der Waals surface area contributed by atoms with Gasteiger partial charge in [-0.1, -0.05) is 25.8 Å². The third-order valence-electron chi connectivity index (χ3n) is 4.55. The fourth-order valence-corrected chi connectivity index (χ4v) is 3.22. The van der Waals surface area contributed by atoms with Crippen molar-refractivity contribution in [2.45, 2.75) is 32.7 Å². The van der Waals surface area contributed by atoms with E-state index in [1.165, 1.54) is 19.3 Å². The number of hydrogen-bond acceptors (Lipinski definition) is 4. The van der Waals surface area contributed by atoms with E-state index in [-0.39, 0.29) is 0 Å². The SMILES string of the molecule is COc1ccc(CNCC2CCCC2C)c(OC)c1OC. The Morgan fingerprint density at radius 3 is 2.38 bits per heavy atom. The highest BCUT2D eigenvalue weighted by Crippen LogP contribution is 2.39. The van der Waals surface area contributed by atoms with Gasteiger partial charge in [0.2, 0.25) is 5.75 Å². The van der Waals surface area contributed by atoms with E-state index in [1.54, 1.807) is 21.3 Å². The van der Waals surface area contributed by atoms with Crippen LogP contribution in [-0.4, -0.2) is 27.9 Å². The molecule has 2 rings (SSSR count). The third-order valence-corrected chi connectivity index (χ3v) is 4.55. The van der Waals surface area contributed by atoms with E-state index < -0.39 is 0 Å². The van der Waals surface area contributed by atoms with Crippen LogP contribution in [0.25, 0.3) is 0 Å². The normalized spacial score (nSPS) is 21.3. The maximum Gasteiger partial charge on any atom is 0.203 e. The average Bonchev–Trinajstić information content (AvgIpc) is 2.91. The summed E-state index contributed by atoms with van der Waals surface area (Å²) in [6, 6.07) is 3.96. The molecule has 1 aliphatic rings. The monoisotopic (exact) mass is 293 g/mol. The zero-order valence-corrected chi connectivity index (χ0v) is 13.6. The molecular weight excluding hydrogens is 266 g/mol. The van der Waals surface area contributed by atoms with Crippen molar-refractivity contribution in [1.29, 1.82) is 0 Å². The topological polar surface area (TPSA) is 39.7 Å². The Balaban J connectivity index is 2.02. The predicted octanol–water partition coefficient (Wildman–Crippen LogP) is 3.24. The van der Waals surface area contributed by atoms with Crippen molar-refractivity contribution in [1.82, 2.24) is 5.32 Å². The average molecular weight is 293 g/mol. The molecule has 0 radical (unpaired) electrons. The number of benzene rings is 1. The molecule has 0 aliphatic heterocycles. The molecule has 1 fully saturated rings. The van der Waals surface area contributed by atoms with E-state index in [4.69, 9.17) is 14.2 Å². The minimum atomic E-state index is 0.661. The van der Waals surface area contributed by atoms with Gasteiger partial charge in [0.1, 0.15) is 0 Å². The highest BCUT2D eigenvalue weighted by Gasteiger charge is 2.23. The van der Waals surface area contributed by atoms with Crippen LogP contribution >= 0.6 is 0 Å². The molecule has 2 unspecified atom stereocenters. The number of rotatable bonds is 7. The van der Waals surface area contributed by atoms with Gasteiger partial charge in [-0.05, 0) is 30.9 Å². The fraction of sp³-hybridized carbons (Fsp3) is 0.647. The summed E-state index contributed by atoms with van der Waals surface area (Å²) >= 11 is 0. The molecule has 0 heterocycles. The molecular formula is C17H27NO3. The molecule has 21 heavy (non-hydrogen) atoms. The Hall–Kier alpha value is -1.42. The lowest BCUT2D eigenvalue weighted by Gasteiger charge is -2.18. The summed E-state index contributed by atoms with van der Waals surface area (Å²) in [5.41, 5.74) is 1.10. The van der Waals surface area contributed by atoms with E-state index in [0.717, 1.165) is 36.2 Å². The molecule has 2 atom stereocenters. The molecule has 0 spiro atoms. The maximum absolute atomic E-state index is 5.51. The molecule has 1 N–H and O–H groups in total. The van der Waals surface area contributed by atoms with E-state index in [9.17, 15) is 0 Å². The molecule has 4 nitrogen and oxygen atoms in total. The van der Waals surface area contributed by atoms with Gasteiger partial charge in [-0.3, -0.25) is 0 Å². The van der Waals surface area contributed by atoms with Gasteiger partial charge in [0, 0.05) is 12.1 Å². The van der Waals surface area contributed by atoms with E-state index in [0.29, 0.717) is 11.5 Å². The van der Waals surface area contributed by atoms with Gasteiger partial charge < -0.3 is 19.5 Å². The fourth-order valence-electron chi connectivity index (χ4n) is 3.22. The first-order valence-corrected chi connectivity index (χ1v) is 7.69. The quantitative estimate of drug-likeness (QED) is 0.838. The molecule has 0 bridgehead atoms. The first-order chi connectivity index (χ1) is 10.2. The number of ether oxygens (including phenoxy) is 3. The van der Waals surface area contributed by atoms with Crippen LogP contribution < -0.4 is 19.5 Å². The van der Waals surface area contributed by atoms with Crippen molar-refractivity contribution in [3.8, 4) is 17.2 Å². The molecule has 0 aromatic heterocycles. The van der Waals surface area contributed by atoms with Crippen molar-refractivity contribution >= 4 is 0 Å². The molecule has 0 amide bonds. The lowest BCUT2D eigenvalue weighted by molar-refractivity contribution is 0.320. The summed E-state index contributed by atoms with van der Waals surface area (Å²) in [6.45, 7) is 4.21. The van der Waals surface area contributed by atoms with E-state index in [1.807, 2.05) is 12.1 Å². The highest BCUT2D eigenvalue weighted by atomic mass is 16.5. The van der Waals surface area contributed by atoms with Crippen LogP contribution in [0.1, 0.15) is 31.7 Å². The zero-order valence-electron chi connectivity index (χ0n) is 13.6. The predicted molar refractivity (Wildman–Crippen MR) is 84.3 cm³/mol. The van der Waals surface area contributed by atoms with Crippen LogP contribution in [0.15, 0.2) is 12.1 Å². The minimum Gasteiger partial charge on any atom is -0.493 e. The summed E-state index contributed by atoms with van der Waals surface area (Å²) < 4.78 is 16.2. The van der Waals surface area contributed by atoms with Crippen molar-refractivity contribution in [2.24, 2.45) is 11.8 Å². The largest absolute Gasteiger partial charge is 0.493 e. The van der Waals surface area contributed by atoms with Crippen LogP contribution in [0.5, 0.6) is 17.2 Å². The molecule has 4 heteroatoms. The highest BCUT2D eigenvalue weighted by molar-refractivity contribution is 5.55. The summed E-state index contributed by atoms with van der Waals surface area (Å²) in [6.07, 6.45) is 4.08. The van der Waals surface area contributed by atoms with Gasteiger partial charge in [0.25, 0.3) is 0 Å². The van der Waals surface area contributed by atoms with Gasteiger partial charge in [-0.25, -0.2) is 0 Å². The second kappa shape index (κ2) is 7.55. The Morgan fingerprint density at radius 1 is 1.05 bits per heavy atom. The van der Waals surface area contributed by atoms with Crippen LogP contribution in [0.3, 0.4) is 0 Å². The second-order valence-electron chi connectivity index (χ2n) is 5.79. The van der Waals surface area contributed by atoms with Crippen LogP contribution in [0, 0.1) is 11.8 Å². The lowest BCUT2D eigenvalue weighted by atomic mass is 9.98. The first-order valence-electron chi connectivity index (χ1n) is 7.69. The van der Waals surface area contributed by atoms with Gasteiger partial charge in [-0.2, -0.15) is 0 Å². The molecule has 1 aromatic carbocycles. The summed E-state index contributed by atoms with van der Waals surface area (Å²) in [4.78, 5) is 0. The zero-order chi connectivity index (χ0) is 15.2. The Bertz CT molecular complexity index is 462. The van der Waals surface area contributed by atoms with Gasteiger partial charge in [0.15, 0.2) is 11.5 Å². The van der Waals surface area contributed by atoms with Gasteiger partial charge in [-0.15, -0.1) is 0 Å². The molecule has 1 aromatic rings. The molecule has 1 aliphatic carbocycles. The van der Waals surface area contributed by atoms with Gasteiger partial charge in [0.05, 0.1) is 21.3 Å². The Kier molecular flexibility index (Phi) is 5.74. The molecule has 1 saturated carbocycles. The number of methoxy groups -OCH3 is 3. The van der Waals surface area contributed by atoms with E-state index in [2.05, 4.69) is 12.2 Å². The lowest BCUT2D eigenvalue weighted by Crippen LogP contribution is -2.24. The Labute approximate surface area is 127 Å². The smallest absolute Gasteiger partial charge is 0.203 e. The summed E-state index contributed by atoms with van der Waals surface area (Å²) in [5, 5.41) is 3.56. The van der Waals surface area contributed by atoms with Crippen LogP contribution in [0.2, 0.25) is 0 Å². The summed E-state index contributed by atoms with van der Waals surface area (Å²) in [7, 11) is 4.94. The van der Waals surface area contributed by atoms with Crippen molar-refractivity contribution in [2.75, 3.05) is 27.9 Å². The maximum atomic E-state index is 5.51. The van der Waals surface area contributed by atoms with Gasteiger partial charge >= 0.3 is 0 Å². The third kappa shape index (κ3) is 3.62. The van der Waals surface area contributed by atoms with Crippen LogP contribution in [-0.2, 0) is 6.54 Å². The van der Waals surface area contributed by atoms with Crippen molar-refractivity contribution in [3.63, 3.8) is 0 Å². The number of hydrogen-bond donors (Lipinski definition) is 1. The standard InChI is InChI=1S/C17H27NO3/c1-12-6-5-7-13(12)10-18-11-14-8-9-15(19-2)17(21-4)16(14)20-3/h8-9,12-13,18H,5-7,10-11H2,1-4H3. The second-order valence-corrected chi connectivity index (χ2v) is 5.79. The number of nitrogens with one attached hydrogen (secondary N) is 1. The van der Waals surface area contributed by atoms with E-state index >= 15 is 0 Å². The Morgan fingerprint density at radius 2 is 1.81 bits per heavy atom.